The van der Waals surface area contributed by atoms with Crippen molar-refractivity contribution < 1.29 is 22.7 Å². The number of hydrogen-bond acceptors (Lipinski definition) is 5. The molecule has 0 aliphatic carbocycles. The Labute approximate surface area is 261 Å². The first-order valence-corrected chi connectivity index (χ1v) is 16.4. The lowest BCUT2D eigenvalue weighted by atomic mass is 10.0. The first-order valence-electron chi connectivity index (χ1n) is 13.8. The van der Waals surface area contributed by atoms with Gasteiger partial charge in [-0.2, -0.15) is 0 Å². The van der Waals surface area contributed by atoms with E-state index in [1.54, 1.807) is 24.3 Å². The van der Waals surface area contributed by atoms with Crippen LogP contribution in [0.25, 0.3) is 0 Å². The van der Waals surface area contributed by atoms with Gasteiger partial charge in [-0.15, -0.1) is 0 Å². The fraction of sp³-hybridized carbons (Fsp3) is 0.212. The highest BCUT2D eigenvalue weighted by molar-refractivity contribution is 9.10. The monoisotopic (exact) mass is 663 g/mol. The number of para-hydroxylation sites is 1. The van der Waals surface area contributed by atoms with Crippen LogP contribution in [0.15, 0.2) is 114 Å². The van der Waals surface area contributed by atoms with Crippen molar-refractivity contribution in [3.8, 4) is 11.5 Å². The Morgan fingerprint density at radius 3 is 2.05 bits per heavy atom. The minimum atomic E-state index is -3.88. The molecular formula is C33H34BrN3O5S. The van der Waals surface area contributed by atoms with Crippen LogP contribution in [0.1, 0.15) is 18.1 Å². The molecule has 0 saturated carbocycles. The number of likely N-dealkylation sites (N-methyl/N-ethyl adjacent to an activating group) is 1. The van der Waals surface area contributed by atoms with Gasteiger partial charge in [-0.1, -0.05) is 76.6 Å². The summed E-state index contributed by atoms with van der Waals surface area (Å²) in [5.41, 5.74) is 1.97. The van der Waals surface area contributed by atoms with Crippen molar-refractivity contribution in [1.82, 2.24) is 10.2 Å². The number of carbonyl (C=O) groups excluding carboxylic acids is 2. The van der Waals surface area contributed by atoms with E-state index in [1.165, 1.54) is 4.90 Å². The lowest BCUT2D eigenvalue weighted by molar-refractivity contribution is -0.140. The molecule has 1 atom stereocenters. The molecule has 0 unspecified atom stereocenters. The van der Waals surface area contributed by atoms with Crippen molar-refractivity contribution in [3.63, 3.8) is 0 Å². The van der Waals surface area contributed by atoms with Crippen molar-refractivity contribution >= 4 is 43.5 Å². The summed E-state index contributed by atoms with van der Waals surface area (Å²) < 4.78 is 33.7. The van der Waals surface area contributed by atoms with Gasteiger partial charge in [0, 0.05) is 24.0 Å². The van der Waals surface area contributed by atoms with Crippen LogP contribution in [0.5, 0.6) is 11.5 Å². The van der Waals surface area contributed by atoms with E-state index in [4.69, 9.17) is 4.74 Å². The van der Waals surface area contributed by atoms with Crippen molar-refractivity contribution in [2.24, 2.45) is 0 Å². The van der Waals surface area contributed by atoms with Gasteiger partial charge in [0.25, 0.3) is 0 Å². The summed E-state index contributed by atoms with van der Waals surface area (Å²) in [6.07, 6.45) is 1.31. The van der Waals surface area contributed by atoms with Crippen molar-refractivity contribution in [3.05, 3.63) is 125 Å². The molecule has 0 spiro atoms. The van der Waals surface area contributed by atoms with Gasteiger partial charge in [-0.05, 0) is 66.6 Å². The molecule has 0 radical (unpaired) electrons. The summed E-state index contributed by atoms with van der Waals surface area (Å²) >= 11 is 3.48. The van der Waals surface area contributed by atoms with Crippen LogP contribution in [-0.2, 0) is 32.6 Å². The third-order valence-corrected chi connectivity index (χ3v) is 8.28. The molecule has 0 bridgehead atoms. The third-order valence-electron chi connectivity index (χ3n) is 6.65. The van der Waals surface area contributed by atoms with Gasteiger partial charge >= 0.3 is 0 Å². The zero-order valence-corrected chi connectivity index (χ0v) is 26.4. The Morgan fingerprint density at radius 2 is 1.44 bits per heavy atom. The van der Waals surface area contributed by atoms with Crippen LogP contribution in [-0.4, -0.2) is 50.5 Å². The summed E-state index contributed by atoms with van der Waals surface area (Å²) in [5, 5.41) is 2.85. The Morgan fingerprint density at radius 1 is 0.837 bits per heavy atom. The van der Waals surface area contributed by atoms with Crippen LogP contribution in [0.4, 0.5) is 5.69 Å². The van der Waals surface area contributed by atoms with E-state index in [-0.39, 0.29) is 18.9 Å². The van der Waals surface area contributed by atoms with Gasteiger partial charge in [0.15, 0.2) is 0 Å². The number of sulfonamides is 1. The molecule has 224 valence electrons. The summed E-state index contributed by atoms with van der Waals surface area (Å²) in [5.74, 6) is 0.332. The highest BCUT2D eigenvalue weighted by Gasteiger charge is 2.32. The van der Waals surface area contributed by atoms with Gasteiger partial charge in [0.1, 0.15) is 24.1 Å². The van der Waals surface area contributed by atoms with Crippen LogP contribution in [0.3, 0.4) is 0 Å². The van der Waals surface area contributed by atoms with E-state index in [0.29, 0.717) is 23.7 Å². The first kappa shape index (κ1) is 31.8. The van der Waals surface area contributed by atoms with Gasteiger partial charge in [0.2, 0.25) is 21.8 Å². The molecule has 0 aromatic heterocycles. The molecule has 8 nitrogen and oxygen atoms in total. The minimum absolute atomic E-state index is 0.106. The molecule has 0 heterocycles. The van der Waals surface area contributed by atoms with E-state index in [1.807, 2.05) is 91.9 Å². The molecule has 2 amide bonds. The van der Waals surface area contributed by atoms with Crippen LogP contribution >= 0.6 is 15.9 Å². The van der Waals surface area contributed by atoms with E-state index in [0.717, 1.165) is 26.2 Å². The van der Waals surface area contributed by atoms with Crippen molar-refractivity contribution in [1.29, 1.82) is 0 Å². The molecule has 43 heavy (non-hydrogen) atoms. The summed E-state index contributed by atoms with van der Waals surface area (Å²) in [4.78, 5) is 29.0. The lowest BCUT2D eigenvalue weighted by Crippen LogP contribution is -2.53. The molecule has 1 N–H and O–H groups in total. The molecule has 0 saturated heterocycles. The minimum Gasteiger partial charge on any atom is -0.457 e. The second-order valence-electron chi connectivity index (χ2n) is 9.93. The topological polar surface area (TPSA) is 96.0 Å². The Balaban J connectivity index is 1.66. The number of nitrogens with zero attached hydrogens (tertiary/aromatic N) is 2. The third kappa shape index (κ3) is 9.17. The largest absolute Gasteiger partial charge is 0.457 e. The number of carbonyl (C=O) groups is 2. The van der Waals surface area contributed by atoms with E-state index < -0.39 is 28.5 Å². The summed E-state index contributed by atoms with van der Waals surface area (Å²) in [7, 11) is -3.88. The van der Waals surface area contributed by atoms with Crippen molar-refractivity contribution in [2.75, 3.05) is 23.7 Å². The fourth-order valence-electron chi connectivity index (χ4n) is 4.60. The maximum Gasteiger partial charge on any atom is 0.244 e. The van der Waals surface area contributed by atoms with Crippen LogP contribution in [0.2, 0.25) is 0 Å². The summed E-state index contributed by atoms with van der Waals surface area (Å²) in [6.45, 7) is 1.81. The smallest absolute Gasteiger partial charge is 0.244 e. The van der Waals surface area contributed by atoms with Gasteiger partial charge in [-0.25, -0.2) is 8.42 Å². The molecule has 4 aromatic carbocycles. The molecule has 0 aliphatic heterocycles. The van der Waals surface area contributed by atoms with Crippen LogP contribution < -0.4 is 14.4 Å². The highest BCUT2D eigenvalue weighted by atomic mass is 79.9. The van der Waals surface area contributed by atoms with E-state index in [9.17, 15) is 18.0 Å². The lowest BCUT2D eigenvalue weighted by Gasteiger charge is -2.33. The second-order valence-corrected chi connectivity index (χ2v) is 12.8. The second kappa shape index (κ2) is 14.8. The molecule has 0 fully saturated rings. The number of amides is 2. The van der Waals surface area contributed by atoms with E-state index >= 15 is 0 Å². The molecule has 0 aliphatic rings. The molecule has 4 aromatic rings. The molecule has 4 rings (SSSR count). The standard InChI is InChI=1S/C33H34BrN3O5S/c1-3-35-33(39)31(22-25-11-6-4-7-12-25)36(23-26-13-10-14-27(34)21-26)32(38)24-37(43(2,40)41)28-17-19-30(20-18-28)42-29-15-8-5-9-16-29/h4-21,31H,3,22-24H2,1-2H3,(H,35,39)/t31-/m0/s1. The number of halogens is 1. The molecule has 10 heteroatoms. The quantitative estimate of drug-likeness (QED) is 0.196. The normalized spacial score (nSPS) is 11.8. The van der Waals surface area contributed by atoms with E-state index in [2.05, 4.69) is 21.2 Å². The zero-order valence-electron chi connectivity index (χ0n) is 24.0. The fourth-order valence-corrected chi connectivity index (χ4v) is 5.89. The Kier molecular flexibility index (Phi) is 11.0. The number of nitrogens with one attached hydrogen (secondary N) is 1. The zero-order chi connectivity index (χ0) is 30.8. The predicted molar refractivity (Wildman–Crippen MR) is 172 cm³/mol. The average Bonchev–Trinajstić information content (AvgIpc) is 2.99. The van der Waals surface area contributed by atoms with Gasteiger partial charge in [-0.3, -0.25) is 13.9 Å². The number of anilines is 1. The highest BCUT2D eigenvalue weighted by Crippen LogP contribution is 2.26. The first-order chi connectivity index (χ1) is 20.6. The Bertz CT molecular complexity index is 1620. The number of rotatable bonds is 13. The predicted octanol–water partition coefficient (Wildman–Crippen LogP) is 5.78. The van der Waals surface area contributed by atoms with Crippen molar-refractivity contribution in [2.45, 2.75) is 25.9 Å². The van der Waals surface area contributed by atoms with Crippen LogP contribution in [0, 0.1) is 0 Å². The SMILES string of the molecule is CCNC(=O)[C@H](Cc1ccccc1)N(Cc1cccc(Br)c1)C(=O)CN(c1ccc(Oc2ccccc2)cc1)S(C)(=O)=O. The summed E-state index contributed by atoms with van der Waals surface area (Å²) in [6, 6.07) is 31.7. The average molecular weight is 665 g/mol. The number of hydrogen-bond donors (Lipinski definition) is 1. The number of ether oxygens (including phenoxy) is 1. The molecular weight excluding hydrogens is 630 g/mol. The Hall–Kier alpha value is -4.15. The maximum absolute atomic E-state index is 14.1. The van der Waals surface area contributed by atoms with Gasteiger partial charge in [0.05, 0.1) is 11.9 Å². The number of benzene rings is 4. The van der Waals surface area contributed by atoms with Gasteiger partial charge < -0.3 is 15.0 Å². The maximum atomic E-state index is 14.1.